The first kappa shape index (κ1) is 20.8. The van der Waals surface area contributed by atoms with Crippen molar-refractivity contribution in [2.24, 2.45) is 5.92 Å². The minimum Gasteiger partial charge on any atom is -0.356 e. The molecule has 9 nitrogen and oxygen atoms in total. The fourth-order valence-electron chi connectivity index (χ4n) is 4.62. The number of fused-ring (bicyclic) bond motifs is 4. The van der Waals surface area contributed by atoms with Crippen molar-refractivity contribution in [1.29, 1.82) is 0 Å². The van der Waals surface area contributed by atoms with Crippen LogP contribution in [0.5, 0.6) is 0 Å². The molecule has 1 aromatic carbocycles. The van der Waals surface area contributed by atoms with Gasteiger partial charge >= 0.3 is 0 Å². The molecule has 0 fully saturated rings. The zero-order valence-corrected chi connectivity index (χ0v) is 19.3. The van der Waals surface area contributed by atoms with Gasteiger partial charge in [-0.1, -0.05) is 0 Å². The van der Waals surface area contributed by atoms with Gasteiger partial charge in [-0.25, -0.2) is 15.0 Å². The summed E-state index contributed by atoms with van der Waals surface area (Å²) in [6.45, 7) is 1.53. The summed E-state index contributed by atoms with van der Waals surface area (Å²) in [5, 5.41) is 15.8. The van der Waals surface area contributed by atoms with Gasteiger partial charge in [0.1, 0.15) is 17.0 Å². The van der Waals surface area contributed by atoms with E-state index in [9.17, 15) is 4.79 Å². The van der Waals surface area contributed by atoms with Crippen molar-refractivity contribution in [3.63, 3.8) is 0 Å². The largest absolute Gasteiger partial charge is 0.356 e. The molecule has 5 aromatic rings. The van der Waals surface area contributed by atoms with Crippen LogP contribution in [0, 0.1) is 5.92 Å². The molecule has 1 aliphatic rings. The number of nitrogens with one attached hydrogen (secondary N) is 3. The van der Waals surface area contributed by atoms with Gasteiger partial charge in [0.2, 0.25) is 5.91 Å². The summed E-state index contributed by atoms with van der Waals surface area (Å²) in [6.07, 6.45) is 12.3. The highest BCUT2D eigenvalue weighted by Crippen LogP contribution is 2.40. The fourth-order valence-corrected chi connectivity index (χ4v) is 5.89. The second-order valence-corrected chi connectivity index (χ2v) is 9.67. The number of aromatic amines is 1. The Labute approximate surface area is 199 Å². The van der Waals surface area contributed by atoms with Gasteiger partial charge < -0.3 is 15.2 Å². The lowest BCUT2D eigenvalue weighted by Crippen LogP contribution is -2.34. The number of benzene rings is 1. The number of carbonyl (C=O) groups excluding carboxylic acids is 1. The standard InChI is InChI=1S/C24H24N8OS/c33-23(26-6-1-8-32-9-7-25-14-32)15-2-4-18-20(11-15)34-24-21(18)22(27-13-28-24)30-17-3-5-19-16(10-17)12-29-31-19/h3,5,7,9-10,12-15H,1-2,4,6,8,11H2,(H,26,33)(H,29,31)(H,27,28,30). The number of rotatable bonds is 7. The first-order valence-corrected chi connectivity index (χ1v) is 12.2. The molecule has 0 saturated carbocycles. The van der Waals surface area contributed by atoms with Crippen LogP contribution in [0.3, 0.4) is 0 Å². The average Bonchev–Trinajstić information content (AvgIpc) is 3.60. The Morgan fingerprint density at radius 1 is 1.29 bits per heavy atom. The lowest BCUT2D eigenvalue weighted by Gasteiger charge is -2.22. The van der Waals surface area contributed by atoms with Gasteiger partial charge in [0.25, 0.3) is 0 Å². The van der Waals surface area contributed by atoms with Gasteiger partial charge in [-0.2, -0.15) is 5.10 Å². The average molecular weight is 473 g/mol. The number of carbonyl (C=O) groups is 1. The highest BCUT2D eigenvalue weighted by atomic mass is 32.1. The van der Waals surface area contributed by atoms with Crippen LogP contribution in [0.4, 0.5) is 11.5 Å². The van der Waals surface area contributed by atoms with Crippen LogP contribution in [0.1, 0.15) is 23.3 Å². The Morgan fingerprint density at radius 3 is 3.18 bits per heavy atom. The Balaban J connectivity index is 1.16. The molecule has 1 atom stereocenters. The topological polar surface area (TPSA) is 113 Å². The second-order valence-electron chi connectivity index (χ2n) is 8.59. The normalized spacial score (nSPS) is 15.5. The van der Waals surface area contributed by atoms with Gasteiger partial charge in [-0.05, 0) is 49.4 Å². The molecule has 6 rings (SSSR count). The summed E-state index contributed by atoms with van der Waals surface area (Å²) in [4.78, 5) is 28.1. The van der Waals surface area contributed by atoms with E-state index in [1.54, 1.807) is 30.2 Å². The van der Waals surface area contributed by atoms with E-state index in [0.717, 1.165) is 64.9 Å². The van der Waals surface area contributed by atoms with Crippen molar-refractivity contribution < 1.29 is 4.79 Å². The molecular weight excluding hydrogens is 448 g/mol. The molecule has 0 aliphatic heterocycles. The van der Waals surface area contributed by atoms with Gasteiger partial charge in [-0.3, -0.25) is 9.89 Å². The van der Waals surface area contributed by atoms with Gasteiger partial charge in [0, 0.05) is 47.4 Å². The zero-order chi connectivity index (χ0) is 22.9. The number of aromatic nitrogens is 6. The molecule has 172 valence electrons. The summed E-state index contributed by atoms with van der Waals surface area (Å²) in [6, 6.07) is 6.07. The van der Waals surface area contributed by atoms with Crippen molar-refractivity contribution in [3.8, 4) is 0 Å². The number of anilines is 2. The van der Waals surface area contributed by atoms with Crippen LogP contribution in [0.25, 0.3) is 21.1 Å². The minimum absolute atomic E-state index is 0.00155. The number of imidazole rings is 1. The molecule has 1 unspecified atom stereocenters. The van der Waals surface area contributed by atoms with E-state index < -0.39 is 0 Å². The molecule has 3 N–H and O–H groups in total. The van der Waals surface area contributed by atoms with Crippen LogP contribution in [0.15, 0.2) is 49.4 Å². The zero-order valence-electron chi connectivity index (χ0n) is 18.5. The molecular formula is C24H24N8OS. The quantitative estimate of drug-likeness (QED) is 0.310. The Kier molecular flexibility index (Phi) is 5.42. The molecule has 0 radical (unpaired) electrons. The van der Waals surface area contributed by atoms with Crippen molar-refractivity contribution in [2.75, 3.05) is 11.9 Å². The van der Waals surface area contributed by atoms with E-state index in [1.165, 1.54) is 10.4 Å². The summed E-state index contributed by atoms with van der Waals surface area (Å²) in [5.41, 5.74) is 3.23. The molecule has 1 aliphatic carbocycles. The number of hydrogen-bond acceptors (Lipinski definition) is 7. The van der Waals surface area contributed by atoms with E-state index >= 15 is 0 Å². The van der Waals surface area contributed by atoms with Crippen molar-refractivity contribution in [1.82, 2.24) is 35.0 Å². The Hall–Kier alpha value is -3.79. The highest BCUT2D eigenvalue weighted by molar-refractivity contribution is 7.19. The van der Waals surface area contributed by atoms with Crippen LogP contribution < -0.4 is 10.6 Å². The number of amides is 1. The molecule has 4 aromatic heterocycles. The summed E-state index contributed by atoms with van der Waals surface area (Å²) in [7, 11) is 0. The van der Waals surface area contributed by atoms with E-state index in [0.29, 0.717) is 6.54 Å². The molecule has 1 amide bonds. The monoisotopic (exact) mass is 472 g/mol. The smallest absolute Gasteiger partial charge is 0.223 e. The van der Waals surface area contributed by atoms with Gasteiger partial charge in [0.15, 0.2) is 0 Å². The summed E-state index contributed by atoms with van der Waals surface area (Å²) >= 11 is 1.68. The fraction of sp³-hybridized carbons (Fsp3) is 0.292. The number of H-pyrrole nitrogens is 1. The molecule has 34 heavy (non-hydrogen) atoms. The van der Waals surface area contributed by atoms with E-state index in [1.807, 2.05) is 29.1 Å². The van der Waals surface area contributed by atoms with Crippen molar-refractivity contribution >= 4 is 49.9 Å². The van der Waals surface area contributed by atoms with Gasteiger partial charge in [-0.15, -0.1) is 11.3 Å². The maximum Gasteiger partial charge on any atom is 0.223 e. The maximum atomic E-state index is 12.8. The lowest BCUT2D eigenvalue weighted by molar-refractivity contribution is -0.125. The molecule has 0 spiro atoms. The highest BCUT2D eigenvalue weighted by Gasteiger charge is 2.29. The molecule has 0 bridgehead atoms. The molecule has 0 saturated heterocycles. The summed E-state index contributed by atoms with van der Waals surface area (Å²) < 4.78 is 2.02. The number of nitrogens with zero attached hydrogens (tertiary/aromatic N) is 5. The predicted octanol–water partition coefficient (Wildman–Crippen LogP) is 3.82. The molecule has 10 heteroatoms. The first-order valence-electron chi connectivity index (χ1n) is 11.4. The number of aryl methyl sites for hydroxylation is 2. The minimum atomic E-state index is 0.00155. The number of hydrogen-bond donors (Lipinski definition) is 3. The van der Waals surface area contributed by atoms with E-state index in [2.05, 4.69) is 41.8 Å². The van der Waals surface area contributed by atoms with E-state index in [-0.39, 0.29) is 11.8 Å². The van der Waals surface area contributed by atoms with Crippen LogP contribution >= 0.6 is 11.3 Å². The van der Waals surface area contributed by atoms with Crippen LogP contribution in [-0.2, 0) is 24.2 Å². The third kappa shape index (κ3) is 4.01. The van der Waals surface area contributed by atoms with Gasteiger partial charge in [0.05, 0.1) is 23.4 Å². The third-order valence-electron chi connectivity index (χ3n) is 6.37. The van der Waals surface area contributed by atoms with Crippen LogP contribution in [0.2, 0.25) is 0 Å². The molecule has 4 heterocycles. The predicted molar refractivity (Wildman–Crippen MR) is 132 cm³/mol. The van der Waals surface area contributed by atoms with Crippen LogP contribution in [-0.4, -0.2) is 42.2 Å². The third-order valence-corrected chi connectivity index (χ3v) is 7.53. The Morgan fingerprint density at radius 2 is 2.26 bits per heavy atom. The Bertz CT molecular complexity index is 1450. The first-order chi connectivity index (χ1) is 16.7. The van der Waals surface area contributed by atoms with Crippen molar-refractivity contribution in [2.45, 2.75) is 32.2 Å². The second kappa shape index (κ2) is 8.86. The summed E-state index contributed by atoms with van der Waals surface area (Å²) in [5.74, 6) is 0.959. The lowest BCUT2D eigenvalue weighted by atomic mass is 9.87. The number of thiophene rings is 1. The maximum absolute atomic E-state index is 12.8. The van der Waals surface area contributed by atoms with E-state index in [4.69, 9.17) is 0 Å². The van der Waals surface area contributed by atoms with Crippen molar-refractivity contribution in [3.05, 3.63) is 59.9 Å². The SMILES string of the molecule is O=C(NCCCn1ccnc1)C1CCc2c(sc3ncnc(Nc4ccc5[nH]ncc5c4)c23)C1.